The Morgan fingerprint density at radius 1 is 1.17 bits per heavy atom. The molecule has 24 heavy (non-hydrogen) atoms. The summed E-state index contributed by atoms with van der Waals surface area (Å²) < 4.78 is 24.2. The Morgan fingerprint density at radius 2 is 1.71 bits per heavy atom. The van der Waals surface area contributed by atoms with Gasteiger partial charge in [0, 0.05) is 5.56 Å². The number of amides is 1. The molecule has 0 atom stereocenters. The molecule has 1 aliphatic rings. The second-order valence-electron chi connectivity index (χ2n) is 6.07. The standard InChI is InChI=1S/C16H21NO5S2/c1-11(2)24(21,22)13-5-3-12(4-6-13)14(18)17-16(15(19)20)7-9-23-10-8-16/h3-6,11H,7-10H2,1-2H3,(H,17,18)(H,19,20). The second-order valence-corrected chi connectivity index (χ2v) is 9.80. The van der Waals surface area contributed by atoms with Crippen molar-refractivity contribution in [1.82, 2.24) is 5.32 Å². The molecule has 0 saturated carbocycles. The van der Waals surface area contributed by atoms with Crippen LogP contribution in [0.25, 0.3) is 0 Å². The first-order valence-electron chi connectivity index (χ1n) is 7.67. The number of sulfone groups is 1. The Bertz CT molecular complexity index is 719. The molecule has 1 saturated heterocycles. The van der Waals surface area contributed by atoms with Crippen molar-refractivity contribution in [3.63, 3.8) is 0 Å². The molecule has 8 heteroatoms. The van der Waals surface area contributed by atoms with Gasteiger partial charge in [0.05, 0.1) is 10.1 Å². The number of carbonyl (C=O) groups excluding carboxylic acids is 1. The summed E-state index contributed by atoms with van der Waals surface area (Å²) in [5.41, 5.74) is -0.998. The lowest BCUT2D eigenvalue weighted by molar-refractivity contribution is -0.144. The molecule has 0 aliphatic carbocycles. The largest absolute Gasteiger partial charge is 0.480 e. The van der Waals surface area contributed by atoms with Gasteiger partial charge in [-0.15, -0.1) is 0 Å². The fraction of sp³-hybridized carbons (Fsp3) is 0.500. The summed E-state index contributed by atoms with van der Waals surface area (Å²) >= 11 is 1.66. The van der Waals surface area contributed by atoms with Crippen LogP contribution in [0, 0.1) is 0 Å². The molecule has 2 N–H and O–H groups in total. The molecule has 0 bridgehead atoms. The Morgan fingerprint density at radius 3 is 2.17 bits per heavy atom. The normalized spacial score (nSPS) is 17.5. The number of carbonyl (C=O) groups is 2. The Kier molecular flexibility index (Phi) is 5.59. The minimum absolute atomic E-state index is 0.149. The average molecular weight is 371 g/mol. The molecule has 0 radical (unpaired) electrons. The zero-order valence-electron chi connectivity index (χ0n) is 13.6. The van der Waals surface area contributed by atoms with Gasteiger partial charge in [-0.05, 0) is 62.5 Å². The van der Waals surface area contributed by atoms with Gasteiger partial charge in [0.1, 0.15) is 5.54 Å². The first kappa shape index (κ1) is 18.8. The van der Waals surface area contributed by atoms with Crippen LogP contribution >= 0.6 is 11.8 Å². The number of thioether (sulfide) groups is 1. The van der Waals surface area contributed by atoms with E-state index in [9.17, 15) is 23.1 Å². The summed E-state index contributed by atoms with van der Waals surface area (Å²) in [5.74, 6) is -0.177. The summed E-state index contributed by atoms with van der Waals surface area (Å²) in [5, 5.41) is 11.6. The maximum absolute atomic E-state index is 12.4. The van der Waals surface area contributed by atoms with Crippen LogP contribution in [0.3, 0.4) is 0 Å². The highest BCUT2D eigenvalue weighted by atomic mass is 32.2. The summed E-state index contributed by atoms with van der Waals surface area (Å²) in [6.07, 6.45) is 0.747. The molecular weight excluding hydrogens is 350 g/mol. The van der Waals surface area contributed by atoms with E-state index in [-0.39, 0.29) is 10.5 Å². The van der Waals surface area contributed by atoms with E-state index in [1.165, 1.54) is 24.3 Å². The van der Waals surface area contributed by atoms with E-state index in [2.05, 4.69) is 5.32 Å². The molecule has 1 aromatic rings. The Labute approximate surface area is 145 Å². The number of aliphatic carboxylic acids is 1. The number of hydrogen-bond donors (Lipinski definition) is 2. The molecule has 6 nitrogen and oxygen atoms in total. The van der Waals surface area contributed by atoms with E-state index in [0.29, 0.717) is 24.3 Å². The van der Waals surface area contributed by atoms with E-state index in [1.54, 1.807) is 25.6 Å². The maximum Gasteiger partial charge on any atom is 0.329 e. The quantitative estimate of drug-likeness (QED) is 0.820. The van der Waals surface area contributed by atoms with Crippen molar-refractivity contribution in [2.45, 2.75) is 42.4 Å². The van der Waals surface area contributed by atoms with E-state index < -0.39 is 32.5 Å². The van der Waals surface area contributed by atoms with Crippen molar-refractivity contribution in [3.05, 3.63) is 29.8 Å². The van der Waals surface area contributed by atoms with Crippen LogP contribution in [0.1, 0.15) is 37.0 Å². The van der Waals surface area contributed by atoms with E-state index in [4.69, 9.17) is 0 Å². The Hall–Kier alpha value is -1.54. The number of carboxylic acids is 1. The third-order valence-electron chi connectivity index (χ3n) is 4.17. The van der Waals surface area contributed by atoms with Gasteiger partial charge >= 0.3 is 5.97 Å². The minimum atomic E-state index is -3.40. The highest BCUT2D eigenvalue weighted by molar-refractivity contribution is 7.99. The summed E-state index contributed by atoms with van der Waals surface area (Å²) in [4.78, 5) is 24.1. The van der Waals surface area contributed by atoms with E-state index in [0.717, 1.165) is 0 Å². The molecule has 0 spiro atoms. The lowest BCUT2D eigenvalue weighted by atomic mass is 9.92. The van der Waals surface area contributed by atoms with Gasteiger partial charge < -0.3 is 10.4 Å². The molecular formula is C16H21NO5S2. The fourth-order valence-corrected chi connectivity index (χ4v) is 4.72. The van der Waals surface area contributed by atoms with Crippen LogP contribution in [0.2, 0.25) is 0 Å². The van der Waals surface area contributed by atoms with Crippen molar-refractivity contribution in [1.29, 1.82) is 0 Å². The predicted octanol–water partition coefficient (Wildman–Crippen LogP) is 1.95. The lowest BCUT2D eigenvalue weighted by Gasteiger charge is -2.33. The van der Waals surface area contributed by atoms with Gasteiger partial charge in [0.2, 0.25) is 0 Å². The van der Waals surface area contributed by atoms with Crippen LogP contribution < -0.4 is 5.32 Å². The fourth-order valence-electron chi connectivity index (χ4n) is 2.47. The number of hydrogen-bond acceptors (Lipinski definition) is 5. The molecule has 2 rings (SSSR count). The van der Waals surface area contributed by atoms with Crippen LogP contribution in [0.15, 0.2) is 29.2 Å². The summed E-state index contributed by atoms with van der Waals surface area (Å²) in [6, 6.07) is 5.60. The molecule has 1 fully saturated rings. The molecule has 1 amide bonds. The number of rotatable bonds is 5. The monoisotopic (exact) mass is 371 g/mol. The first-order valence-corrected chi connectivity index (χ1v) is 10.4. The third kappa shape index (κ3) is 3.75. The zero-order chi connectivity index (χ0) is 18.0. The molecule has 1 aliphatic heterocycles. The van der Waals surface area contributed by atoms with Gasteiger partial charge in [-0.25, -0.2) is 13.2 Å². The number of carboxylic acid groups (broad SMARTS) is 1. The van der Waals surface area contributed by atoms with Crippen molar-refractivity contribution < 1.29 is 23.1 Å². The summed E-state index contributed by atoms with van der Waals surface area (Å²) in [6.45, 7) is 3.18. The van der Waals surface area contributed by atoms with Gasteiger partial charge in [-0.3, -0.25) is 4.79 Å². The topological polar surface area (TPSA) is 101 Å². The number of benzene rings is 1. The van der Waals surface area contributed by atoms with Crippen molar-refractivity contribution in [2.24, 2.45) is 0 Å². The van der Waals surface area contributed by atoms with E-state index >= 15 is 0 Å². The molecule has 132 valence electrons. The smallest absolute Gasteiger partial charge is 0.329 e. The van der Waals surface area contributed by atoms with Gasteiger partial charge in [0.25, 0.3) is 5.91 Å². The average Bonchev–Trinajstić information content (AvgIpc) is 2.55. The van der Waals surface area contributed by atoms with Crippen LogP contribution in [0.4, 0.5) is 0 Å². The first-order chi connectivity index (χ1) is 11.2. The molecule has 1 aromatic carbocycles. The molecule has 1 heterocycles. The number of nitrogens with one attached hydrogen (secondary N) is 1. The van der Waals surface area contributed by atoms with E-state index in [1.807, 2.05) is 0 Å². The van der Waals surface area contributed by atoms with Crippen LogP contribution in [-0.2, 0) is 14.6 Å². The Balaban J connectivity index is 2.20. The van der Waals surface area contributed by atoms with Gasteiger partial charge in [0.15, 0.2) is 9.84 Å². The van der Waals surface area contributed by atoms with Gasteiger partial charge in [-0.2, -0.15) is 11.8 Å². The SMILES string of the molecule is CC(C)S(=O)(=O)c1ccc(C(=O)NC2(C(=O)O)CCSCC2)cc1. The van der Waals surface area contributed by atoms with Crippen molar-refractivity contribution in [3.8, 4) is 0 Å². The highest BCUT2D eigenvalue weighted by Crippen LogP contribution is 2.28. The highest BCUT2D eigenvalue weighted by Gasteiger charge is 2.41. The van der Waals surface area contributed by atoms with Crippen molar-refractivity contribution >= 4 is 33.5 Å². The minimum Gasteiger partial charge on any atom is -0.480 e. The van der Waals surface area contributed by atoms with Crippen LogP contribution in [-0.4, -0.2) is 47.7 Å². The lowest BCUT2D eigenvalue weighted by Crippen LogP contribution is -2.56. The molecule has 0 unspecified atom stereocenters. The van der Waals surface area contributed by atoms with Crippen LogP contribution in [0.5, 0.6) is 0 Å². The second kappa shape index (κ2) is 7.14. The van der Waals surface area contributed by atoms with Crippen molar-refractivity contribution in [2.75, 3.05) is 11.5 Å². The molecule has 0 aromatic heterocycles. The third-order valence-corrected chi connectivity index (χ3v) is 7.33. The predicted molar refractivity (Wildman–Crippen MR) is 93.2 cm³/mol. The maximum atomic E-state index is 12.4. The van der Waals surface area contributed by atoms with Gasteiger partial charge in [-0.1, -0.05) is 0 Å². The zero-order valence-corrected chi connectivity index (χ0v) is 15.2. The summed E-state index contributed by atoms with van der Waals surface area (Å²) in [7, 11) is -3.40.